The van der Waals surface area contributed by atoms with E-state index in [9.17, 15) is 0 Å². The van der Waals surface area contributed by atoms with Gasteiger partial charge in [-0.15, -0.1) is 0 Å². The Morgan fingerprint density at radius 2 is 1.87 bits per heavy atom. The minimum absolute atomic E-state index is 0.473. The van der Waals surface area contributed by atoms with E-state index in [2.05, 4.69) is 46.9 Å². The highest BCUT2D eigenvalue weighted by atomic mass is 15.3. The zero-order chi connectivity index (χ0) is 21.0. The molecule has 5 heteroatoms. The number of anilines is 2. The standard InChI is InChI=1S/C25H43N5/c1-20-9-8-13-25(2,3)22(20)12-18-29-17-11-21(19-29)27-24-26-14-10-23(28-24)30-15-6-4-5-7-16-30/h10,14,20-22H,4-9,11-13,15-19H2,1-3H3,(H,26,27,28). The number of rotatable bonds is 6. The summed E-state index contributed by atoms with van der Waals surface area (Å²) in [5, 5.41) is 3.64. The molecule has 1 aliphatic carbocycles. The summed E-state index contributed by atoms with van der Waals surface area (Å²) in [6, 6.07) is 2.55. The molecule has 2 saturated heterocycles. The fourth-order valence-corrected chi connectivity index (χ4v) is 6.26. The van der Waals surface area contributed by atoms with Gasteiger partial charge in [0.05, 0.1) is 0 Å². The van der Waals surface area contributed by atoms with E-state index in [1.807, 2.05) is 6.20 Å². The molecule has 5 nitrogen and oxygen atoms in total. The number of likely N-dealkylation sites (tertiary alicyclic amines) is 1. The lowest BCUT2D eigenvalue weighted by atomic mass is 9.63. The van der Waals surface area contributed by atoms with Gasteiger partial charge in [-0.05, 0) is 62.0 Å². The molecule has 1 aromatic heterocycles. The van der Waals surface area contributed by atoms with Crippen molar-refractivity contribution in [1.29, 1.82) is 0 Å². The molecule has 4 rings (SSSR count). The summed E-state index contributed by atoms with van der Waals surface area (Å²) < 4.78 is 0. The van der Waals surface area contributed by atoms with Crippen LogP contribution in [0.15, 0.2) is 12.3 Å². The zero-order valence-electron chi connectivity index (χ0n) is 19.6. The van der Waals surface area contributed by atoms with Gasteiger partial charge < -0.3 is 15.1 Å². The summed E-state index contributed by atoms with van der Waals surface area (Å²) in [6.07, 6.45) is 14.0. The first kappa shape index (κ1) is 21.9. The second-order valence-electron chi connectivity index (χ2n) is 10.8. The molecule has 3 atom stereocenters. The Bertz CT molecular complexity index is 667. The average molecular weight is 414 g/mol. The highest BCUT2D eigenvalue weighted by Gasteiger charge is 2.37. The Labute approximate surface area is 184 Å². The Balaban J connectivity index is 1.27. The Morgan fingerprint density at radius 3 is 2.63 bits per heavy atom. The summed E-state index contributed by atoms with van der Waals surface area (Å²) >= 11 is 0. The molecule has 168 valence electrons. The van der Waals surface area contributed by atoms with Gasteiger partial charge in [0, 0.05) is 38.4 Å². The lowest BCUT2D eigenvalue weighted by Gasteiger charge is -2.43. The number of hydrogen-bond donors (Lipinski definition) is 1. The molecule has 2 aliphatic heterocycles. The minimum atomic E-state index is 0.473. The first-order chi connectivity index (χ1) is 14.5. The van der Waals surface area contributed by atoms with Crippen LogP contribution in [0.3, 0.4) is 0 Å². The molecule has 1 saturated carbocycles. The van der Waals surface area contributed by atoms with E-state index in [0.717, 1.165) is 43.2 Å². The molecular weight excluding hydrogens is 370 g/mol. The topological polar surface area (TPSA) is 44.3 Å². The Kier molecular flexibility index (Phi) is 7.17. The van der Waals surface area contributed by atoms with Crippen LogP contribution in [0.4, 0.5) is 11.8 Å². The predicted octanol–water partition coefficient (Wildman–Crippen LogP) is 5.20. The van der Waals surface area contributed by atoms with E-state index in [0.29, 0.717) is 11.5 Å². The molecule has 3 heterocycles. The molecule has 3 aliphatic rings. The molecule has 0 aromatic carbocycles. The van der Waals surface area contributed by atoms with Gasteiger partial charge in [-0.1, -0.05) is 46.5 Å². The smallest absolute Gasteiger partial charge is 0.224 e. The largest absolute Gasteiger partial charge is 0.356 e. The van der Waals surface area contributed by atoms with E-state index in [1.165, 1.54) is 70.9 Å². The minimum Gasteiger partial charge on any atom is -0.356 e. The van der Waals surface area contributed by atoms with Gasteiger partial charge in [0.2, 0.25) is 5.95 Å². The van der Waals surface area contributed by atoms with Gasteiger partial charge >= 0.3 is 0 Å². The second-order valence-corrected chi connectivity index (χ2v) is 10.8. The second kappa shape index (κ2) is 9.84. The van der Waals surface area contributed by atoms with Crippen molar-refractivity contribution in [1.82, 2.24) is 14.9 Å². The van der Waals surface area contributed by atoms with Crippen molar-refractivity contribution in [3.05, 3.63) is 12.3 Å². The monoisotopic (exact) mass is 413 g/mol. The lowest BCUT2D eigenvalue weighted by Crippen LogP contribution is -2.37. The molecule has 0 amide bonds. The number of nitrogens with one attached hydrogen (secondary N) is 1. The third-order valence-electron chi connectivity index (χ3n) is 8.10. The maximum absolute atomic E-state index is 4.86. The summed E-state index contributed by atoms with van der Waals surface area (Å²) in [5.41, 5.74) is 0.511. The van der Waals surface area contributed by atoms with Crippen LogP contribution < -0.4 is 10.2 Å². The molecule has 0 spiro atoms. The third-order valence-corrected chi connectivity index (χ3v) is 8.10. The highest BCUT2D eigenvalue weighted by Crippen LogP contribution is 2.45. The van der Waals surface area contributed by atoms with Gasteiger partial charge in [0.25, 0.3) is 0 Å². The van der Waals surface area contributed by atoms with Crippen LogP contribution in [-0.4, -0.2) is 53.6 Å². The maximum Gasteiger partial charge on any atom is 0.224 e. The van der Waals surface area contributed by atoms with Crippen molar-refractivity contribution < 1.29 is 0 Å². The van der Waals surface area contributed by atoms with Crippen LogP contribution in [0.25, 0.3) is 0 Å². The first-order valence-electron chi connectivity index (χ1n) is 12.6. The van der Waals surface area contributed by atoms with Crippen molar-refractivity contribution in [3.8, 4) is 0 Å². The molecule has 1 aromatic rings. The van der Waals surface area contributed by atoms with E-state index in [-0.39, 0.29) is 0 Å². The zero-order valence-corrected chi connectivity index (χ0v) is 19.6. The molecular formula is C25H43N5. The third kappa shape index (κ3) is 5.46. The first-order valence-corrected chi connectivity index (χ1v) is 12.6. The number of nitrogens with zero attached hydrogens (tertiary/aromatic N) is 4. The van der Waals surface area contributed by atoms with Crippen molar-refractivity contribution in [2.45, 2.75) is 84.6 Å². The van der Waals surface area contributed by atoms with Crippen LogP contribution in [0.1, 0.15) is 78.6 Å². The Morgan fingerprint density at radius 1 is 1.07 bits per heavy atom. The highest BCUT2D eigenvalue weighted by molar-refractivity contribution is 5.43. The van der Waals surface area contributed by atoms with E-state index < -0.39 is 0 Å². The summed E-state index contributed by atoms with van der Waals surface area (Å²) in [7, 11) is 0. The molecule has 1 N–H and O–H groups in total. The fourth-order valence-electron chi connectivity index (χ4n) is 6.26. The van der Waals surface area contributed by atoms with Crippen molar-refractivity contribution in [3.63, 3.8) is 0 Å². The van der Waals surface area contributed by atoms with Crippen LogP contribution in [-0.2, 0) is 0 Å². The van der Waals surface area contributed by atoms with E-state index in [4.69, 9.17) is 4.98 Å². The average Bonchev–Trinajstić information content (AvgIpc) is 2.98. The fraction of sp³-hybridized carbons (Fsp3) is 0.840. The van der Waals surface area contributed by atoms with Gasteiger partial charge in [-0.25, -0.2) is 4.98 Å². The van der Waals surface area contributed by atoms with Gasteiger partial charge in [-0.2, -0.15) is 4.98 Å². The molecule has 30 heavy (non-hydrogen) atoms. The van der Waals surface area contributed by atoms with Gasteiger partial charge in [-0.3, -0.25) is 0 Å². The maximum atomic E-state index is 4.86. The van der Waals surface area contributed by atoms with Gasteiger partial charge in [0.1, 0.15) is 5.82 Å². The van der Waals surface area contributed by atoms with Crippen LogP contribution >= 0.6 is 0 Å². The molecule has 3 unspecified atom stereocenters. The molecule has 0 bridgehead atoms. The van der Waals surface area contributed by atoms with Crippen LogP contribution in [0.5, 0.6) is 0 Å². The molecule has 0 radical (unpaired) electrons. The number of aromatic nitrogens is 2. The Hall–Kier alpha value is -1.36. The summed E-state index contributed by atoms with van der Waals surface area (Å²) in [5.74, 6) is 3.65. The predicted molar refractivity (Wildman–Crippen MR) is 126 cm³/mol. The summed E-state index contributed by atoms with van der Waals surface area (Å²) in [6.45, 7) is 13.3. The number of hydrogen-bond acceptors (Lipinski definition) is 5. The van der Waals surface area contributed by atoms with Crippen LogP contribution in [0.2, 0.25) is 0 Å². The van der Waals surface area contributed by atoms with Crippen molar-refractivity contribution >= 4 is 11.8 Å². The van der Waals surface area contributed by atoms with E-state index in [1.54, 1.807) is 0 Å². The normalized spacial score (nSPS) is 30.2. The van der Waals surface area contributed by atoms with Crippen molar-refractivity contribution in [2.75, 3.05) is 42.9 Å². The van der Waals surface area contributed by atoms with Crippen LogP contribution in [0, 0.1) is 17.3 Å². The van der Waals surface area contributed by atoms with Gasteiger partial charge in [0.15, 0.2) is 0 Å². The quantitative estimate of drug-likeness (QED) is 0.695. The summed E-state index contributed by atoms with van der Waals surface area (Å²) in [4.78, 5) is 14.5. The SMILES string of the molecule is CC1CCCC(C)(C)C1CCN1CCC(Nc2nccc(N3CCCCCC3)n2)C1. The van der Waals surface area contributed by atoms with Crippen molar-refractivity contribution in [2.24, 2.45) is 17.3 Å². The van der Waals surface area contributed by atoms with E-state index >= 15 is 0 Å². The lowest BCUT2D eigenvalue weighted by molar-refractivity contribution is 0.0678. The molecule has 3 fully saturated rings.